The van der Waals surface area contributed by atoms with Gasteiger partial charge in [-0.25, -0.2) is 18.6 Å². The van der Waals surface area contributed by atoms with Gasteiger partial charge in [-0.1, -0.05) is 18.2 Å². The Hall–Kier alpha value is -4.27. The zero-order chi connectivity index (χ0) is 21.8. The maximum atomic E-state index is 12.8. The molecule has 3 aromatic carbocycles. The molecule has 31 heavy (non-hydrogen) atoms. The molecular formula is C22H17F2N5O2. The molecule has 1 heterocycles. The van der Waals surface area contributed by atoms with E-state index in [0.717, 1.165) is 0 Å². The number of fused-ring (bicyclic) bond motifs is 1. The van der Waals surface area contributed by atoms with E-state index in [1.165, 1.54) is 18.2 Å². The minimum Gasteiger partial charge on any atom is -0.337 e. The van der Waals surface area contributed by atoms with Gasteiger partial charge >= 0.3 is 6.03 Å². The summed E-state index contributed by atoms with van der Waals surface area (Å²) in [6, 6.07) is 19.7. The molecule has 0 saturated heterocycles. The van der Waals surface area contributed by atoms with Gasteiger partial charge in [0, 0.05) is 22.6 Å². The van der Waals surface area contributed by atoms with Crippen molar-refractivity contribution in [2.75, 3.05) is 16.0 Å². The number of anilines is 3. The topological polar surface area (TPSA) is 98.9 Å². The van der Waals surface area contributed by atoms with Crippen LogP contribution >= 0.6 is 0 Å². The molecule has 0 unspecified atom stereocenters. The third-order valence-electron chi connectivity index (χ3n) is 4.40. The number of hydrogen-bond donors (Lipinski definition) is 4. The zero-order valence-electron chi connectivity index (χ0n) is 16.0. The van der Waals surface area contributed by atoms with E-state index in [-0.39, 0.29) is 6.03 Å². The van der Waals surface area contributed by atoms with Crippen LogP contribution in [-0.2, 0) is 0 Å². The van der Waals surface area contributed by atoms with Crippen molar-refractivity contribution < 1.29 is 18.4 Å². The average Bonchev–Trinajstić information content (AvgIpc) is 3.19. The summed E-state index contributed by atoms with van der Waals surface area (Å²) < 4.78 is 25.5. The highest BCUT2D eigenvalue weighted by Crippen LogP contribution is 2.21. The van der Waals surface area contributed by atoms with Gasteiger partial charge in [-0.3, -0.25) is 4.79 Å². The lowest BCUT2D eigenvalue weighted by Crippen LogP contribution is -2.19. The monoisotopic (exact) mass is 421 g/mol. The molecule has 3 amide bonds. The van der Waals surface area contributed by atoms with Gasteiger partial charge in [0.15, 0.2) is 5.82 Å². The molecule has 7 nitrogen and oxygen atoms in total. The van der Waals surface area contributed by atoms with Crippen molar-refractivity contribution in [2.24, 2.45) is 0 Å². The van der Waals surface area contributed by atoms with Crippen LogP contribution in [0.4, 0.5) is 30.6 Å². The minimum atomic E-state index is -2.72. The first kappa shape index (κ1) is 20.0. The second-order valence-electron chi connectivity index (χ2n) is 6.63. The molecule has 4 rings (SSSR count). The van der Waals surface area contributed by atoms with Crippen molar-refractivity contribution in [1.29, 1.82) is 0 Å². The predicted octanol–water partition coefficient (Wildman–Crippen LogP) is 5.40. The number of aromatic nitrogens is 2. The van der Waals surface area contributed by atoms with Crippen LogP contribution in [0.15, 0.2) is 72.8 Å². The number of carbonyl (C=O) groups excluding carboxylic acids is 2. The van der Waals surface area contributed by atoms with E-state index in [4.69, 9.17) is 0 Å². The van der Waals surface area contributed by atoms with Crippen molar-refractivity contribution in [1.82, 2.24) is 9.97 Å². The highest BCUT2D eigenvalue weighted by molar-refractivity contribution is 6.06. The first-order chi connectivity index (χ1) is 15.0. The van der Waals surface area contributed by atoms with Crippen LogP contribution in [0.25, 0.3) is 11.0 Å². The molecule has 1 aromatic heterocycles. The number of rotatable bonds is 5. The second kappa shape index (κ2) is 8.62. The molecular weight excluding hydrogens is 404 g/mol. The summed E-state index contributed by atoms with van der Waals surface area (Å²) in [7, 11) is 0. The number of nitrogens with zero attached hydrogens (tertiary/aromatic N) is 1. The Labute approximate surface area is 175 Å². The first-order valence-electron chi connectivity index (χ1n) is 9.30. The molecule has 0 fully saturated rings. The van der Waals surface area contributed by atoms with E-state index >= 15 is 0 Å². The summed E-state index contributed by atoms with van der Waals surface area (Å²) in [5.74, 6) is -0.843. The standard InChI is InChI=1S/C22H17F2N5O2/c23-19(24)20-28-17-11-6-13(12-18(17)29-20)21(30)25-15-7-9-16(10-8-15)27-22(31)26-14-4-2-1-3-5-14/h1-12,19H,(H,25,30)(H,28,29)(H2,26,27,31). The van der Waals surface area contributed by atoms with Crippen molar-refractivity contribution in [2.45, 2.75) is 6.43 Å². The number of amides is 3. The Bertz CT molecular complexity index is 1220. The zero-order valence-corrected chi connectivity index (χ0v) is 16.0. The first-order valence-corrected chi connectivity index (χ1v) is 9.30. The quantitative estimate of drug-likeness (QED) is 0.347. The highest BCUT2D eigenvalue weighted by atomic mass is 19.3. The molecule has 0 radical (unpaired) electrons. The summed E-state index contributed by atoms with van der Waals surface area (Å²) in [6.45, 7) is 0. The van der Waals surface area contributed by atoms with E-state index in [1.807, 2.05) is 18.2 Å². The van der Waals surface area contributed by atoms with Gasteiger partial charge < -0.3 is 20.9 Å². The second-order valence-corrected chi connectivity index (χ2v) is 6.63. The molecule has 0 atom stereocenters. The average molecular weight is 421 g/mol. The van der Waals surface area contributed by atoms with Gasteiger partial charge in [0.2, 0.25) is 0 Å². The number of aromatic amines is 1. The van der Waals surface area contributed by atoms with E-state index in [1.54, 1.807) is 36.4 Å². The highest BCUT2D eigenvalue weighted by Gasteiger charge is 2.14. The smallest absolute Gasteiger partial charge is 0.323 e. The summed E-state index contributed by atoms with van der Waals surface area (Å²) in [5.41, 5.74) is 2.73. The van der Waals surface area contributed by atoms with Crippen LogP contribution in [0, 0.1) is 0 Å². The molecule has 4 N–H and O–H groups in total. The molecule has 0 aliphatic heterocycles. The van der Waals surface area contributed by atoms with Crippen molar-refractivity contribution in [3.63, 3.8) is 0 Å². The van der Waals surface area contributed by atoms with Crippen LogP contribution in [-0.4, -0.2) is 21.9 Å². The number of nitrogens with one attached hydrogen (secondary N) is 4. The van der Waals surface area contributed by atoms with Crippen LogP contribution in [0.2, 0.25) is 0 Å². The van der Waals surface area contributed by atoms with E-state index in [0.29, 0.717) is 33.7 Å². The van der Waals surface area contributed by atoms with E-state index in [2.05, 4.69) is 25.9 Å². The Balaban J connectivity index is 1.38. The Kier molecular flexibility index (Phi) is 5.57. The number of H-pyrrole nitrogens is 1. The maximum absolute atomic E-state index is 12.8. The molecule has 156 valence electrons. The summed E-state index contributed by atoms with van der Waals surface area (Å²) in [5, 5.41) is 8.13. The fraction of sp³-hybridized carbons (Fsp3) is 0.0455. The van der Waals surface area contributed by atoms with Crippen molar-refractivity contribution >= 4 is 40.0 Å². The van der Waals surface area contributed by atoms with Gasteiger partial charge in [-0.05, 0) is 54.6 Å². The summed E-state index contributed by atoms with van der Waals surface area (Å²) in [4.78, 5) is 30.8. The SMILES string of the molecule is O=C(Nc1ccccc1)Nc1ccc(NC(=O)c2ccc3nc(C(F)F)[nH]c3c2)cc1. The molecule has 0 saturated carbocycles. The number of urea groups is 1. The minimum absolute atomic E-state index is 0.293. The maximum Gasteiger partial charge on any atom is 0.323 e. The van der Waals surface area contributed by atoms with Crippen LogP contribution in [0.3, 0.4) is 0 Å². The van der Waals surface area contributed by atoms with E-state index in [9.17, 15) is 18.4 Å². The fourth-order valence-electron chi connectivity index (χ4n) is 2.93. The lowest BCUT2D eigenvalue weighted by molar-refractivity contribution is 0.102. The van der Waals surface area contributed by atoms with Gasteiger partial charge in [-0.2, -0.15) is 0 Å². The normalized spacial score (nSPS) is 10.8. The van der Waals surface area contributed by atoms with Gasteiger partial charge in [0.1, 0.15) is 0 Å². The molecule has 0 spiro atoms. The molecule has 4 aromatic rings. The number of alkyl halides is 2. The number of halogens is 2. The van der Waals surface area contributed by atoms with Gasteiger partial charge in [0.25, 0.3) is 12.3 Å². The third kappa shape index (κ3) is 4.84. The molecule has 0 aliphatic carbocycles. The number of benzene rings is 3. The number of hydrogen-bond acceptors (Lipinski definition) is 3. The Morgan fingerprint density at radius 2 is 1.42 bits per heavy atom. The molecule has 0 aliphatic rings. The molecule has 9 heteroatoms. The summed E-state index contributed by atoms with van der Waals surface area (Å²) >= 11 is 0. The van der Waals surface area contributed by atoms with Crippen LogP contribution < -0.4 is 16.0 Å². The number of carbonyl (C=O) groups is 2. The van der Waals surface area contributed by atoms with Gasteiger partial charge in [0.05, 0.1) is 11.0 Å². The number of para-hydroxylation sites is 1. The number of imidazole rings is 1. The van der Waals surface area contributed by atoms with E-state index < -0.39 is 18.2 Å². The Morgan fingerprint density at radius 1 is 0.806 bits per heavy atom. The largest absolute Gasteiger partial charge is 0.337 e. The lowest BCUT2D eigenvalue weighted by Gasteiger charge is -2.09. The Morgan fingerprint density at radius 3 is 2.06 bits per heavy atom. The summed E-state index contributed by atoms with van der Waals surface area (Å²) in [6.07, 6.45) is -2.72. The van der Waals surface area contributed by atoms with Crippen molar-refractivity contribution in [3.05, 3.63) is 84.2 Å². The van der Waals surface area contributed by atoms with Gasteiger partial charge in [-0.15, -0.1) is 0 Å². The lowest BCUT2D eigenvalue weighted by atomic mass is 10.2. The predicted molar refractivity (Wildman–Crippen MR) is 115 cm³/mol. The molecule has 0 bridgehead atoms. The third-order valence-corrected chi connectivity index (χ3v) is 4.40. The fourth-order valence-corrected chi connectivity index (χ4v) is 2.93. The van der Waals surface area contributed by atoms with Crippen LogP contribution in [0.1, 0.15) is 22.6 Å². The van der Waals surface area contributed by atoms with Crippen molar-refractivity contribution in [3.8, 4) is 0 Å². The van der Waals surface area contributed by atoms with Crippen LogP contribution in [0.5, 0.6) is 0 Å².